The molecule has 0 bridgehead atoms. The van der Waals surface area contributed by atoms with Gasteiger partial charge < -0.3 is 9.88 Å². The number of fused-ring (bicyclic) bond motifs is 1. The Morgan fingerprint density at radius 1 is 1.15 bits per heavy atom. The molecular weight excluding hydrogens is 460 g/mol. The summed E-state index contributed by atoms with van der Waals surface area (Å²) in [5.41, 5.74) is 2.34. The van der Waals surface area contributed by atoms with E-state index in [1.165, 1.54) is 4.31 Å². The maximum absolute atomic E-state index is 12.9. The first-order valence-corrected chi connectivity index (χ1v) is 13.1. The van der Waals surface area contributed by atoms with Crippen molar-refractivity contribution >= 4 is 38.6 Å². The van der Waals surface area contributed by atoms with Crippen molar-refractivity contribution in [3.63, 3.8) is 0 Å². The quantitative estimate of drug-likeness (QED) is 0.452. The molecule has 33 heavy (non-hydrogen) atoms. The van der Waals surface area contributed by atoms with E-state index in [9.17, 15) is 13.2 Å². The molecule has 178 valence electrons. The lowest BCUT2D eigenvalue weighted by atomic mass is 10.1. The Labute approximate surface area is 200 Å². The summed E-state index contributed by atoms with van der Waals surface area (Å²) >= 11 is 6.23. The molecule has 0 spiro atoms. The Kier molecular flexibility index (Phi) is 8.15. The van der Waals surface area contributed by atoms with Gasteiger partial charge in [-0.15, -0.1) is 0 Å². The highest BCUT2D eigenvalue weighted by atomic mass is 35.5. The van der Waals surface area contributed by atoms with Gasteiger partial charge in [-0.1, -0.05) is 43.6 Å². The van der Waals surface area contributed by atoms with Crippen LogP contribution in [-0.4, -0.2) is 41.3 Å². The third-order valence-electron chi connectivity index (χ3n) is 5.78. The van der Waals surface area contributed by atoms with Crippen LogP contribution < -0.4 is 5.32 Å². The zero-order valence-corrected chi connectivity index (χ0v) is 21.1. The zero-order chi connectivity index (χ0) is 24.2. The second-order valence-corrected chi connectivity index (χ2v) is 10.2. The van der Waals surface area contributed by atoms with Crippen molar-refractivity contribution in [1.82, 2.24) is 19.2 Å². The molecule has 0 radical (unpaired) electrons. The first-order chi connectivity index (χ1) is 15.7. The van der Waals surface area contributed by atoms with Gasteiger partial charge in [0.1, 0.15) is 5.82 Å². The maximum atomic E-state index is 12.9. The topological polar surface area (TPSA) is 84.3 Å². The van der Waals surface area contributed by atoms with E-state index < -0.39 is 10.0 Å². The molecule has 0 saturated carbocycles. The molecule has 7 nitrogen and oxygen atoms in total. The molecule has 3 aromatic rings. The van der Waals surface area contributed by atoms with E-state index in [2.05, 4.69) is 10.3 Å². The fourth-order valence-electron chi connectivity index (χ4n) is 4.02. The standard InChI is InChI=1S/C24H31ClN4O3S/c1-5-28(6-2)33(31,32)18-12-13-22-21(16-18)27-23(29(22)7-3)14-15-24(30)26-17(4)19-10-8-9-11-20(19)25/h8-13,16-17H,5-7,14-15H2,1-4H3,(H,26,30)/t17-/m1/s1. The Hall–Kier alpha value is -2.42. The van der Waals surface area contributed by atoms with Crippen LogP contribution in [0.4, 0.5) is 0 Å². The third kappa shape index (κ3) is 5.39. The summed E-state index contributed by atoms with van der Waals surface area (Å²) in [6.45, 7) is 9.04. The molecule has 0 aliphatic heterocycles. The van der Waals surface area contributed by atoms with Crippen LogP contribution in [0.2, 0.25) is 5.02 Å². The van der Waals surface area contributed by atoms with E-state index in [1.54, 1.807) is 24.3 Å². The largest absolute Gasteiger partial charge is 0.350 e. The van der Waals surface area contributed by atoms with Crippen molar-refractivity contribution in [2.24, 2.45) is 0 Å². The van der Waals surface area contributed by atoms with E-state index in [0.717, 1.165) is 16.9 Å². The number of hydrogen-bond acceptors (Lipinski definition) is 4. The van der Waals surface area contributed by atoms with Gasteiger partial charge >= 0.3 is 0 Å². The molecule has 0 aliphatic carbocycles. The summed E-state index contributed by atoms with van der Waals surface area (Å²) in [6.07, 6.45) is 0.713. The van der Waals surface area contributed by atoms with Gasteiger partial charge in [0.2, 0.25) is 15.9 Å². The number of halogens is 1. The predicted molar refractivity (Wildman–Crippen MR) is 132 cm³/mol. The molecule has 2 aromatic carbocycles. The van der Waals surface area contributed by atoms with Crippen molar-refractivity contribution in [3.8, 4) is 0 Å². The molecule has 1 aromatic heterocycles. The molecule has 1 N–H and O–H groups in total. The minimum atomic E-state index is -3.56. The van der Waals surface area contributed by atoms with E-state index in [-0.39, 0.29) is 23.3 Å². The number of amides is 1. The predicted octanol–water partition coefficient (Wildman–Crippen LogP) is 4.55. The smallest absolute Gasteiger partial charge is 0.243 e. The molecular formula is C24H31ClN4O3S. The van der Waals surface area contributed by atoms with Gasteiger partial charge in [-0.2, -0.15) is 4.31 Å². The second kappa shape index (κ2) is 10.7. The minimum absolute atomic E-state index is 0.0954. The molecule has 0 unspecified atom stereocenters. The SMILES string of the molecule is CCN(CC)S(=O)(=O)c1ccc2c(c1)nc(CCC(=O)N[C@H](C)c1ccccc1Cl)n2CC. The number of carbonyl (C=O) groups excluding carboxylic acids is 1. The van der Waals surface area contributed by atoms with Crippen LogP contribution in [0.3, 0.4) is 0 Å². The number of rotatable bonds is 10. The Balaban J connectivity index is 1.78. The summed E-state index contributed by atoms with van der Waals surface area (Å²) in [7, 11) is -3.56. The van der Waals surface area contributed by atoms with E-state index >= 15 is 0 Å². The van der Waals surface area contributed by atoms with E-state index in [4.69, 9.17) is 11.6 Å². The summed E-state index contributed by atoms with van der Waals surface area (Å²) in [5.74, 6) is 0.660. The van der Waals surface area contributed by atoms with E-state index in [1.807, 2.05) is 50.5 Å². The van der Waals surface area contributed by atoms with Gasteiger partial charge in [-0.05, 0) is 43.7 Å². The van der Waals surface area contributed by atoms with Gasteiger partial charge in [0.15, 0.2) is 0 Å². The van der Waals surface area contributed by atoms with Gasteiger partial charge in [0, 0.05) is 37.5 Å². The van der Waals surface area contributed by atoms with Crippen LogP contribution in [0.5, 0.6) is 0 Å². The summed E-state index contributed by atoms with van der Waals surface area (Å²) in [6, 6.07) is 12.3. The fraction of sp³-hybridized carbons (Fsp3) is 0.417. The summed E-state index contributed by atoms with van der Waals surface area (Å²) < 4.78 is 29.2. The molecule has 1 amide bonds. The van der Waals surface area contributed by atoms with Crippen LogP contribution in [0.1, 0.15) is 51.5 Å². The lowest BCUT2D eigenvalue weighted by Gasteiger charge is -2.18. The summed E-state index contributed by atoms with van der Waals surface area (Å²) in [5, 5.41) is 3.61. The highest BCUT2D eigenvalue weighted by molar-refractivity contribution is 7.89. The minimum Gasteiger partial charge on any atom is -0.350 e. The number of aryl methyl sites for hydroxylation is 2. The summed E-state index contributed by atoms with van der Waals surface area (Å²) in [4.78, 5) is 17.5. The van der Waals surface area contributed by atoms with Crippen LogP contribution in [0.25, 0.3) is 11.0 Å². The molecule has 0 fully saturated rings. The van der Waals surface area contributed by atoms with Gasteiger partial charge in [0.25, 0.3) is 0 Å². The van der Waals surface area contributed by atoms with Crippen molar-refractivity contribution in [2.75, 3.05) is 13.1 Å². The number of benzene rings is 2. The van der Waals surface area contributed by atoms with Crippen LogP contribution in [0, 0.1) is 0 Å². The molecule has 9 heteroatoms. The lowest BCUT2D eigenvalue weighted by Crippen LogP contribution is -2.30. The van der Waals surface area contributed by atoms with Crippen molar-refractivity contribution in [2.45, 2.75) is 58.0 Å². The molecule has 0 saturated heterocycles. The number of nitrogens with zero attached hydrogens (tertiary/aromatic N) is 3. The van der Waals surface area contributed by atoms with Crippen molar-refractivity contribution in [3.05, 3.63) is 58.9 Å². The average Bonchev–Trinajstić information content (AvgIpc) is 3.15. The number of aromatic nitrogens is 2. The second-order valence-electron chi connectivity index (χ2n) is 7.82. The maximum Gasteiger partial charge on any atom is 0.243 e. The third-order valence-corrected chi connectivity index (χ3v) is 8.17. The molecule has 0 aliphatic rings. The number of imidazole rings is 1. The Morgan fingerprint density at radius 3 is 2.48 bits per heavy atom. The highest BCUT2D eigenvalue weighted by Crippen LogP contribution is 2.24. The average molecular weight is 491 g/mol. The normalized spacial score (nSPS) is 12.9. The Morgan fingerprint density at radius 2 is 1.85 bits per heavy atom. The fourth-order valence-corrected chi connectivity index (χ4v) is 5.80. The first-order valence-electron chi connectivity index (χ1n) is 11.3. The Bertz CT molecular complexity index is 1240. The highest BCUT2D eigenvalue weighted by Gasteiger charge is 2.23. The molecule has 1 heterocycles. The number of nitrogens with one attached hydrogen (secondary N) is 1. The van der Waals surface area contributed by atoms with Crippen LogP contribution in [0.15, 0.2) is 47.4 Å². The van der Waals surface area contributed by atoms with Crippen molar-refractivity contribution in [1.29, 1.82) is 0 Å². The zero-order valence-electron chi connectivity index (χ0n) is 19.5. The number of sulfonamides is 1. The van der Waals surface area contributed by atoms with Crippen LogP contribution >= 0.6 is 11.6 Å². The van der Waals surface area contributed by atoms with Gasteiger partial charge in [-0.25, -0.2) is 13.4 Å². The molecule has 1 atom stereocenters. The van der Waals surface area contributed by atoms with Gasteiger partial charge in [-0.3, -0.25) is 4.79 Å². The number of carbonyl (C=O) groups is 1. The van der Waals surface area contributed by atoms with Gasteiger partial charge in [0.05, 0.1) is 22.0 Å². The monoisotopic (exact) mass is 490 g/mol. The number of hydrogen-bond donors (Lipinski definition) is 1. The van der Waals surface area contributed by atoms with E-state index in [0.29, 0.717) is 36.6 Å². The van der Waals surface area contributed by atoms with Crippen LogP contribution in [-0.2, 0) is 27.8 Å². The van der Waals surface area contributed by atoms with Crippen molar-refractivity contribution < 1.29 is 13.2 Å². The molecule has 3 rings (SSSR count). The lowest BCUT2D eigenvalue weighted by molar-refractivity contribution is -0.121. The first kappa shape index (κ1) is 25.2.